The lowest BCUT2D eigenvalue weighted by Gasteiger charge is -2.15. The van der Waals surface area contributed by atoms with Gasteiger partial charge < -0.3 is 9.47 Å². The monoisotopic (exact) mass is 388 g/mol. The largest absolute Gasteiger partial charge is 0.495 e. The predicted molar refractivity (Wildman–Crippen MR) is 91.4 cm³/mol. The molecule has 21 heavy (non-hydrogen) atoms. The highest BCUT2D eigenvalue weighted by atomic mass is 79.9. The maximum Gasteiger partial charge on any atom is 0.138 e. The summed E-state index contributed by atoms with van der Waals surface area (Å²) in [7, 11) is 1.56. The summed E-state index contributed by atoms with van der Waals surface area (Å²) in [5.74, 6) is 1.41. The van der Waals surface area contributed by atoms with E-state index in [9.17, 15) is 0 Å². The van der Waals surface area contributed by atoms with E-state index in [1.165, 1.54) is 0 Å². The Morgan fingerprint density at radius 3 is 2.33 bits per heavy atom. The van der Waals surface area contributed by atoms with E-state index >= 15 is 0 Å². The smallest absolute Gasteiger partial charge is 0.138 e. The van der Waals surface area contributed by atoms with Crippen LogP contribution in [0.5, 0.6) is 11.5 Å². The van der Waals surface area contributed by atoms with Crippen LogP contribution < -0.4 is 9.47 Å². The number of hydrogen-bond donors (Lipinski definition) is 0. The Morgan fingerprint density at radius 2 is 1.76 bits per heavy atom. The number of ether oxygens (including phenoxy) is 2. The summed E-state index contributed by atoms with van der Waals surface area (Å²) >= 11 is 16.2. The van der Waals surface area contributed by atoms with Gasteiger partial charge in [0.1, 0.15) is 11.5 Å². The third-order valence-corrected chi connectivity index (χ3v) is 4.67. The fourth-order valence-electron chi connectivity index (χ4n) is 1.97. The molecule has 2 rings (SSSR count). The van der Waals surface area contributed by atoms with Crippen LogP contribution in [0, 0.1) is 0 Å². The van der Waals surface area contributed by atoms with Gasteiger partial charge in [-0.3, -0.25) is 0 Å². The molecular formula is C16H15BrCl2O2. The van der Waals surface area contributed by atoms with Gasteiger partial charge in [0, 0.05) is 11.1 Å². The average Bonchev–Trinajstić information content (AvgIpc) is 2.49. The fraction of sp³-hybridized carbons (Fsp3) is 0.250. The van der Waals surface area contributed by atoms with Crippen LogP contribution in [-0.4, -0.2) is 13.7 Å². The Morgan fingerprint density at radius 1 is 1.10 bits per heavy atom. The van der Waals surface area contributed by atoms with Crippen molar-refractivity contribution in [2.45, 2.75) is 11.8 Å². The molecule has 2 nitrogen and oxygen atoms in total. The summed E-state index contributed by atoms with van der Waals surface area (Å²) in [6.45, 7) is 2.61. The lowest BCUT2D eigenvalue weighted by molar-refractivity contribution is 0.340. The molecule has 0 fully saturated rings. The summed E-state index contributed by atoms with van der Waals surface area (Å²) in [6, 6.07) is 11.4. The van der Waals surface area contributed by atoms with Crippen molar-refractivity contribution < 1.29 is 9.47 Å². The van der Waals surface area contributed by atoms with Crippen molar-refractivity contribution in [2.24, 2.45) is 0 Å². The summed E-state index contributed by atoms with van der Waals surface area (Å²) in [4.78, 5) is -0.0518. The molecule has 0 aliphatic rings. The van der Waals surface area contributed by atoms with E-state index < -0.39 is 0 Å². The van der Waals surface area contributed by atoms with Crippen molar-refractivity contribution in [3.05, 3.63) is 57.6 Å². The highest BCUT2D eigenvalue weighted by Crippen LogP contribution is 2.40. The quantitative estimate of drug-likeness (QED) is 0.594. The molecule has 0 N–H and O–H groups in total. The zero-order valence-corrected chi connectivity index (χ0v) is 14.8. The van der Waals surface area contributed by atoms with Crippen molar-refractivity contribution in [3.8, 4) is 11.5 Å². The lowest BCUT2D eigenvalue weighted by atomic mass is 10.0. The Balaban J connectivity index is 2.31. The number of hydrogen-bond acceptors (Lipinski definition) is 2. The molecule has 0 amide bonds. The van der Waals surface area contributed by atoms with Crippen LogP contribution in [-0.2, 0) is 0 Å². The van der Waals surface area contributed by atoms with E-state index in [1.807, 2.05) is 37.3 Å². The lowest BCUT2D eigenvalue weighted by Crippen LogP contribution is -1.97. The normalized spacial score (nSPS) is 12.0. The number of benzene rings is 2. The SMILES string of the molecule is CCOc1ccc(C(Br)c2cc(Cl)c(OC)cc2Cl)cc1. The molecule has 0 saturated heterocycles. The molecule has 0 aromatic heterocycles. The van der Waals surface area contributed by atoms with Crippen molar-refractivity contribution in [1.82, 2.24) is 0 Å². The molecule has 0 spiro atoms. The average molecular weight is 390 g/mol. The van der Waals surface area contributed by atoms with E-state index in [1.54, 1.807) is 13.2 Å². The topological polar surface area (TPSA) is 18.5 Å². The first-order valence-electron chi connectivity index (χ1n) is 6.46. The summed E-state index contributed by atoms with van der Waals surface area (Å²) in [6.07, 6.45) is 0. The van der Waals surface area contributed by atoms with Gasteiger partial charge in [0.25, 0.3) is 0 Å². The molecule has 0 bridgehead atoms. The molecule has 0 saturated carbocycles. The second kappa shape index (κ2) is 7.39. The summed E-state index contributed by atoms with van der Waals surface area (Å²) in [5, 5.41) is 1.14. The van der Waals surface area contributed by atoms with Crippen LogP contribution in [0.3, 0.4) is 0 Å². The Labute approximate surface area is 143 Å². The van der Waals surface area contributed by atoms with Gasteiger partial charge in [-0.15, -0.1) is 0 Å². The van der Waals surface area contributed by atoms with E-state index in [2.05, 4.69) is 15.9 Å². The van der Waals surface area contributed by atoms with E-state index in [0.717, 1.165) is 16.9 Å². The summed E-state index contributed by atoms with van der Waals surface area (Å²) in [5.41, 5.74) is 1.97. The van der Waals surface area contributed by atoms with Gasteiger partial charge in [0.05, 0.1) is 23.6 Å². The highest BCUT2D eigenvalue weighted by Gasteiger charge is 2.17. The molecule has 112 valence electrons. The van der Waals surface area contributed by atoms with Crippen molar-refractivity contribution in [3.63, 3.8) is 0 Å². The number of methoxy groups -OCH3 is 1. The molecule has 1 unspecified atom stereocenters. The summed E-state index contributed by atoms with van der Waals surface area (Å²) < 4.78 is 10.6. The first-order chi connectivity index (χ1) is 10.1. The van der Waals surface area contributed by atoms with Crippen LogP contribution >= 0.6 is 39.1 Å². The van der Waals surface area contributed by atoms with E-state index in [4.69, 9.17) is 32.7 Å². The van der Waals surface area contributed by atoms with Crippen LogP contribution in [0.2, 0.25) is 10.0 Å². The molecule has 0 aliphatic carbocycles. The van der Waals surface area contributed by atoms with Gasteiger partial charge in [0.15, 0.2) is 0 Å². The molecule has 1 atom stereocenters. The molecule has 0 aliphatic heterocycles. The third-order valence-electron chi connectivity index (χ3n) is 3.03. The van der Waals surface area contributed by atoms with Gasteiger partial charge in [-0.2, -0.15) is 0 Å². The molecule has 0 heterocycles. The molecule has 5 heteroatoms. The van der Waals surface area contributed by atoms with Gasteiger partial charge in [-0.1, -0.05) is 51.3 Å². The van der Waals surface area contributed by atoms with Gasteiger partial charge in [0.2, 0.25) is 0 Å². The first-order valence-corrected chi connectivity index (χ1v) is 8.13. The van der Waals surface area contributed by atoms with Crippen LogP contribution in [0.1, 0.15) is 22.9 Å². The van der Waals surface area contributed by atoms with Crippen LogP contribution in [0.4, 0.5) is 0 Å². The van der Waals surface area contributed by atoms with Crippen molar-refractivity contribution >= 4 is 39.1 Å². The molecular weight excluding hydrogens is 375 g/mol. The predicted octanol–water partition coefficient (Wildman–Crippen LogP) is 5.89. The number of rotatable bonds is 5. The maximum absolute atomic E-state index is 6.31. The molecule has 2 aromatic carbocycles. The fourth-order valence-corrected chi connectivity index (χ4v) is 3.30. The second-order valence-electron chi connectivity index (χ2n) is 4.37. The number of halogens is 3. The van der Waals surface area contributed by atoms with E-state index in [-0.39, 0.29) is 4.83 Å². The van der Waals surface area contributed by atoms with Gasteiger partial charge in [-0.25, -0.2) is 0 Å². The Kier molecular flexibility index (Phi) is 5.80. The van der Waals surface area contributed by atoms with Gasteiger partial charge >= 0.3 is 0 Å². The minimum Gasteiger partial charge on any atom is -0.495 e. The molecule has 0 radical (unpaired) electrons. The zero-order chi connectivity index (χ0) is 15.4. The molecule has 2 aromatic rings. The van der Waals surface area contributed by atoms with Crippen molar-refractivity contribution in [1.29, 1.82) is 0 Å². The van der Waals surface area contributed by atoms with Crippen LogP contribution in [0.25, 0.3) is 0 Å². The minimum absolute atomic E-state index is 0.0518. The second-order valence-corrected chi connectivity index (χ2v) is 6.10. The Hall–Kier alpha value is -0.900. The Bertz CT molecular complexity index is 614. The standard InChI is InChI=1S/C16H15BrCl2O2/c1-3-21-11-6-4-10(5-7-11)16(17)12-8-14(19)15(20-2)9-13(12)18/h4-9,16H,3H2,1-2H3. The van der Waals surface area contributed by atoms with E-state index in [0.29, 0.717) is 22.4 Å². The minimum atomic E-state index is -0.0518. The maximum atomic E-state index is 6.31. The third kappa shape index (κ3) is 3.85. The van der Waals surface area contributed by atoms with Gasteiger partial charge in [-0.05, 0) is 36.2 Å². The van der Waals surface area contributed by atoms with Crippen LogP contribution in [0.15, 0.2) is 36.4 Å². The highest BCUT2D eigenvalue weighted by molar-refractivity contribution is 9.09. The first kappa shape index (κ1) is 16.5. The van der Waals surface area contributed by atoms with Crippen molar-refractivity contribution in [2.75, 3.05) is 13.7 Å². The number of alkyl halides is 1. The zero-order valence-electron chi connectivity index (χ0n) is 11.7.